The first kappa shape index (κ1) is 18.8. The number of rotatable bonds is 9. The van der Waals surface area contributed by atoms with Crippen LogP contribution in [0.2, 0.25) is 0 Å². The first-order chi connectivity index (χ1) is 13.3. The second-order valence-corrected chi connectivity index (χ2v) is 6.65. The number of nitrogens with one attached hydrogen (secondary N) is 2. The first-order valence-corrected chi connectivity index (χ1v) is 9.51. The summed E-state index contributed by atoms with van der Waals surface area (Å²) in [5.41, 5.74) is 4.45. The molecule has 2 heterocycles. The van der Waals surface area contributed by atoms with Gasteiger partial charge in [0.25, 0.3) is 0 Å². The number of hydrogen-bond donors (Lipinski definition) is 2. The molecule has 140 valence electrons. The highest BCUT2D eigenvalue weighted by Gasteiger charge is 2.05. The van der Waals surface area contributed by atoms with Crippen molar-refractivity contribution in [2.45, 2.75) is 38.5 Å². The maximum atomic E-state index is 11.2. The summed E-state index contributed by atoms with van der Waals surface area (Å²) in [5.74, 6) is 1.15. The highest BCUT2D eigenvalue weighted by molar-refractivity contribution is 5.75. The number of carbonyl (C=O) groups excluding carboxylic acids is 1. The monoisotopic (exact) mass is 362 g/mol. The third-order valence-corrected chi connectivity index (χ3v) is 4.67. The third-order valence-electron chi connectivity index (χ3n) is 4.67. The van der Waals surface area contributed by atoms with Gasteiger partial charge in [-0.1, -0.05) is 43.2 Å². The van der Waals surface area contributed by atoms with Gasteiger partial charge in [-0.2, -0.15) is 0 Å². The van der Waals surface area contributed by atoms with Crippen molar-refractivity contribution in [3.63, 3.8) is 0 Å². The average Bonchev–Trinajstić information content (AvgIpc) is 3.20. The molecule has 0 aliphatic rings. The lowest BCUT2D eigenvalue weighted by Gasteiger charge is -2.03. The lowest BCUT2D eigenvalue weighted by Crippen LogP contribution is -2.16. The van der Waals surface area contributed by atoms with Crippen LogP contribution < -0.4 is 5.32 Å². The second kappa shape index (κ2) is 9.67. The number of aromatic amines is 1. The van der Waals surface area contributed by atoms with E-state index in [1.54, 1.807) is 13.2 Å². The fourth-order valence-corrected chi connectivity index (χ4v) is 3.07. The number of unbranched alkanes of at least 4 members (excludes halogenated alkanes) is 3. The van der Waals surface area contributed by atoms with E-state index in [0.717, 1.165) is 60.3 Å². The molecule has 0 atom stereocenters. The Labute approximate surface area is 160 Å². The molecule has 0 aliphatic carbocycles. The summed E-state index contributed by atoms with van der Waals surface area (Å²) >= 11 is 0. The highest BCUT2D eigenvalue weighted by Crippen LogP contribution is 2.23. The molecule has 2 N–H and O–H groups in total. The Morgan fingerprint density at radius 1 is 0.963 bits per heavy atom. The van der Waals surface area contributed by atoms with Crippen LogP contribution >= 0.6 is 0 Å². The van der Waals surface area contributed by atoms with Gasteiger partial charge in [0.05, 0.1) is 11.9 Å². The van der Waals surface area contributed by atoms with Crippen LogP contribution in [0.3, 0.4) is 0 Å². The van der Waals surface area contributed by atoms with Crippen LogP contribution in [0.4, 0.5) is 0 Å². The molecule has 5 nitrogen and oxygen atoms in total. The van der Waals surface area contributed by atoms with Gasteiger partial charge in [0.1, 0.15) is 5.82 Å². The Morgan fingerprint density at radius 3 is 2.48 bits per heavy atom. The highest BCUT2D eigenvalue weighted by atomic mass is 16.1. The van der Waals surface area contributed by atoms with E-state index in [-0.39, 0.29) is 5.91 Å². The molecule has 3 rings (SSSR count). The minimum absolute atomic E-state index is 0.125. The summed E-state index contributed by atoms with van der Waals surface area (Å²) in [6.07, 6.45) is 11.4. The number of benzene rings is 1. The number of nitrogens with zero attached hydrogens (tertiary/aromatic N) is 2. The van der Waals surface area contributed by atoms with E-state index in [4.69, 9.17) is 0 Å². The quantitative estimate of drug-likeness (QED) is 0.555. The smallest absolute Gasteiger partial charge is 0.219 e. The molecule has 0 aliphatic heterocycles. The zero-order valence-corrected chi connectivity index (χ0v) is 15.7. The van der Waals surface area contributed by atoms with Gasteiger partial charge >= 0.3 is 0 Å². The molecule has 0 radical (unpaired) electrons. The summed E-state index contributed by atoms with van der Waals surface area (Å²) in [6.45, 7) is 0. The van der Waals surface area contributed by atoms with Crippen molar-refractivity contribution >= 4 is 5.91 Å². The van der Waals surface area contributed by atoms with Crippen molar-refractivity contribution in [3.05, 3.63) is 60.8 Å². The number of H-pyrrole nitrogens is 1. The number of hydrogen-bond acceptors (Lipinski definition) is 3. The number of carbonyl (C=O) groups is 1. The summed E-state index contributed by atoms with van der Waals surface area (Å²) in [7, 11) is 1.68. The number of aromatic nitrogens is 3. The minimum Gasteiger partial charge on any atom is -0.359 e. The van der Waals surface area contributed by atoms with E-state index < -0.39 is 0 Å². The first-order valence-electron chi connectivity index (χ1n) is 9.51. The zero-order valence-electron chi connectivity index (χ0n) is 15.7. The number of amides is 1. The maximum Gasteiger partial charge on any atom is 0.219 e. The molecule has 0 unspecified atom stereocenters. The lowest BCUT2D eigenvalue weighted by atomic mass is 10.0. The van der Waals surface area contributed by atoms with E-state index in [2.05, 4.69) is 50.6 Å². The topological polar surface area (TPSA) is 70.7 Å². The van der Waals surface area contributed by atoms with E-state index in [9.17, 15) is 4.79 Å². The van der Waals surface area contributed by atoms with Crippen LogP contribution in [0, 0.1) is 0 Å². The Hall–Kier alpha value is -2.95. The van der Waals surface area contributed by atoms with Gasteiger partial charge in [-0.3, -0.25) is 9.78 Å². The molecule has 3 aromatic rings. The Bertz CT molecular complexity index is 840. The molecule has 2 aromatic heterocycles. The molecule has 27 heavy (non-hydrogen) atoms. The van der Waals surface area contributed by atoms with E-state index >= 15 is 0 Å². The van der Waals surface area contributed by atoms with Gasteiger partial charge in [-0.15, -0.1) is 0 Å². The van der Waals surface area contributed by atoms with Gasteiger partial charge in [0, 0.05) is 32.3 Å². The summed E-state index contributed by atoms with van der Waals surface area (Å²) < 4.78 is 0. The summed E-state index contributed by atoms with van der Waals surface area (Å²) in [6, 6.07) is 12.4. The fourth-order valence-electron chi connectivity index (χ4n) is 3.07. The average molecular weight is 362 g/mol. The van der Waals surface area contributed by atoms with Crippen LogP contribution in [-0.4, -0.2) is 27.9 Å². The molecular weight excluding hydrogens is 336 g/mol. The van der Waals surface area contributed by atoms with E-state index in [1.807, 2.05) is 18.5 Å². The molecule has 0 bridgehead atoms. The standard InChI is InChI=1S/C22H26N4O/c1-23-22(27)9-5-3-2-4-8-21-25-16-20(26-21)18-12-10-17(11-13-18)19-7-6-14-24-15-19/h6-7,10-16H,2-5,8-9H2,1H3,(H,23,27)(H,25,26). The zero-order chi connectivity index (χ0) is 18.9. The van der Waals surface area contributed by atoms with Gasteiger partial charge in [-0.25, -0.2) is 4.98 Å². The maximum absolute atomic E-state index is 11.2. The number of pyridine rings is 1. The largest absolute Gasteiger partial charge is 0.359 e. The Balaban J connectivity index is 1.48. The van der Waals surface area contributed by atoms with Crippen molar-refractivity contribution in [2.75, 3.05) is 7.05 Å². The molecule has 0 saturated heterocycles. The van der Waals surface area contributed by atoms with Gasteiger partial charge < -0.3 is 10.3 Å². The minimum atomic E-state index is 0.125. The third kappa shape index (κ3) is 5.51. The van der Waals surface area contributed by atoms with E-state index in [0.29, 0.717) is 6.42 Å². The van der Waals surface area contributed by atoms with Crippen LogP contribution in [0.5, 0.6) is 0 Å². The second-order valence-electron chi connectivity index (χ2n) is 6.65. The molecule has 0 fully saturated rings. The van der Waals surface area contributed by atoms with Crippen LogP contribution in [0.1, 0.15) is 37.9 Å². The van der Waals surface area contributed by atoms with Gasteiger partial charge in [0.15, 0.2) is 0 Å². The molecule has 0 saturated carbocycles. The van der Waals surface area contributed by atoms with Crippen molar-refractivity contribution < 1.29 is 4.79 Å². The molecular formula is C22H26N4O. The van der Waals surface area contributed by atoms with Crippen molar-refractivity contribution in [1.82, 2.24) is 20.3 Å². The van der Waals surface area contributed by atoms with Crippen LogP contribution in [0.15, 0.2) is 55.0 Å². The van der Waals surface area contributed by atoms with E-state index in [1.165, 1.54) is 0 Å². The fraction of sp³-hybridized carbons (Fsp3) is 0.318. The number of aryl methyl sites for hydroxylation is 1. The van der Waals surface area contributed by atoms with Crippen molar-refractivity contribution in [3.8, 4) is 22.4 Å². The van der Waals surface area contributed by atoms with Crippen LogP contribution in [0.25, 0.3) is 22.4 Å². The van der Waals surface area contributed by atoms with Crippen molar-refractivity contribution in [2.24, 2.45) is 0 Å². The van der Waals surface area contributed by atoms with Gasteiger partial charge in [0.2, 0.25) is 5.91 Å². The Kier molecular flexibility index (Phi) is 6.74. The SMILES string of the molecule is CNC(=O)CCCCCCc1ncc(-c2ccc(-c3cccnc3)cc2)[nH]1. The predicted molar refractivity (Wildman–Crippen MR) is 108 cm³/mol. The summed E-state index contributed by atoms with van der Waals surface area (Å²) in [5, 5.41) is 2.66. The molecule has 1 amide bonds. The normalized spacial score (nSPS) is 10.7. The van der Waals surface area contributed by atoms with Gasteiger partial charge in [-0.05, 0) is 35.6 Å². The van der Waals surface area contributed by atoms with Crippen LogP contribution in [-0.2, 0) is 11.2 Å². The lowest BCUT2D eigenvalue weighted by molar-refractivity contribution is -0.120. The molecule has 0 spiro atoms. The predicted octanol–water partition coefficient (Wildman–Crippen LogP) is 4.38. The molecule has 1 aromatic carbocycles. The molecule has 5 heteroatoms. The Morgan fingerprint density at radius 2 is 1.74 bits per heavy atom. The number of imidazole rings is 1. The van der Waals surface area contributed by atoms with Crippen molar-refractivity contribution in [1.29, 1.82) is 0 Å². The summed E-state index contributed by atoms with van der Waals surface area (Å²) in [4.78, 5) is 23.3.